The molecular weight excluding hydrogens is 812 g/mol. The van der Waals surface area contributed by atoms with Crippen LogP contribution in [0.4, 0.5) is 17.1 Å². The van der Waals surface area contributed by atoms with E-state index in [9.17, 15) is 0 Å². The summed E-state index contributed by atoms with van der Waals surface area (Å²) in [5.74, 6) is 1.88. The number of hydrogen-bond acceptors (Lipinski definition) is 2. The predicted molar refractivity (Wildman–Crippen MR) is 288 cm³/mol. The molecule has 0 spiro atoms. The van der Waals surface area contributed by atoms with Gasteiger partial charge in [-0.2, -0.15) is 0 Å². The summed E-state index contributed by atoms with van der Waals surface area (Å²) in [5, 5.41) is 2.58. The van der Waals surface area contributed by atoms with Crippen molar-refractivity contribution in [1.82, 2.24) is 4.57 Å². The van der Waals surface area contributed by atoms with Gasteiger partial charge >= 0.3 is 0 Å². The number of aromatic nitrogens is 1. The highest BCUT2D eigenvalue weighted by Crippen LogP contribution is 2.54. The van der Waals surface area contributed by atoms with E-state index in [1.165, 1.54) is 105 Å². The molecule has 0 unspecified atom stereocenters. The predicted octanol–water partition coefficient (Wildman–Crippen LogP) is 15.5. The molecule has 0 atom stereocenters. The van der Waals surface area contributed by atoms with E-state index in [2.05, 4.69) is 234 Å². The molecule has 8 aromatic rings. The molecule has 0 saturated heterocycles. The molecule has 338 valence electrons. The molecule has 1 aromatic heterocycles. The number of fused-ring (bicyclic) bond motifs is 11. The average molecular weight is 879 g/mol. The zero-order chi connectivity index (χ0) is 47.3. The third kappa shape index (κ3) is 6.37. The van der Waals surface area contributed by atoms with E-state index in [1.807, 2.05) is 0 Å². The van der Waals surface area contributed by atoms with Crippen LogP contribution in [0.1, 0.15) is 143 Å². The third-order valence-corrected chi connectivity index (χ3v) is 16.7. The van der Waals surface area contributed by atoms with Gasteiger partial charge in [-0.3, -0.25) is 0 Å². The second kappa shape index (κ2) is 14.5. The fourth-order valence-electron chi connectivity index (χ4n) is 11.7. The topological polar surface area (TPSA) is 17.4 Å². The highest BCUT2D eigenvalue weighted by atomic mass is 16.5. The molecule has 67 heavy (non-hydrogen) atoms. The van der Waals surface area contributed by atoms with E-state index in [1.54, 1.807) is 0 Å². The quantitative estimate of drug-likeness (QED) is 0.155. The van der Waals surface area contributed by atoms with Gasteiger partial charge in [-0.25, -0.2) is 0 Å². The SMILES string of the molecule is CCC(C)(C)c1ccc(N2c3ccc(C(C)(C)CC)cc3B3c4c(cccc42)Oc2cc(-n4c5ccc(C(C)(C)C)cc5c5cc(C(C)(C)C)ccc54)c4c(c23)C(C)(C)c2ccccc2-4)cc1. The van der Waals surface area contributed by atoms with E-state index in [-0.39, 0.29) is 33.8 Å². The van der Waals surface area contributed by atoms with Gasteiger partial charge in [-0.05, 0) is 144 Å². The minimum atomic E-state index is -0.321. The molecule has 3 aliphatic rings. The summed E-state index contributed by atoms with van der Waals surface area (Å²) in [6.45, 7) is 32.9. The van der Waals surface area contributed by atoms with Crippen LogP contribution in [-0.4, -0.2) is 11.3 Å². The van der Waals surface area contributed by atoms with E-state index in [0.717, 1.165) is 24.3 Å². The number of rotatable bonds is 6. The van der Waals surface area contributed by atoms with Gasteiger partial charge in [0.25, 0.3) is 6.71 Å². The number of nitrogens with zero attached hydrogens (tertiary/aromatic N) is 2. The second-order valence-corrected chi connectivity index (χ2v) is 23.9. The van der Waals surface area contributed by atoms with Crippen molar-refractivity contribution in [2.75, 3.05) is 4.90 Å². The summed E-state index contributed by atoms with van der Waals surface area (Å²) in [6, 6.07) is 49.4. The van der Waals surface area contributed by atoms with Gasteiger partial charge in [0.1, 0.15) is 11.5 Å². The van der Waals surface area contributed by atoms with Crippen molar-refractivity contribution in [3.8, 4) is 28.3 Å². The number of ether oxygens (including phenoxy) is 1. The van der Waals surface area contributed by atoms with Gasteiger partial charge in [0.2, 0.25) is 0 Å². The summed E-state index contributed by atoms with van der Waals surface area (Å²) in [7, 11) is 0. The zero-order valence-corrected chi connectivity index (χ0v) is 42.4. The van der Waals surface area contributed by atoms with Crippen LogP contribution in [0.2, 0.25) is 0 Å². The van der Waals surface area contributed by atoms with E-state index in [0.29, 0.717) is 0 Å². The molecular formula is C63H67BN2O. The first-order valence-corrected chi connectivity index (χ1v) is 24.9. The molecule has 4 heteroatoms. The summed E-state index contributed by atoms with van der Waals surface area (Å²) < 4.78 is 10.1. The standard InChI is InChI=1S/C63H67BN2O/c1-15-61(9,10)38-24-29-42(30-25-38)65-50-33-28-41(62(11,12)16-2)36-47(50)64-57-51(65)22-19-23-53(57)67-54-37-52(55-43-20-17-18-21-46(43)63(13,14)56(55)58(54)64)66-48-31-26-39(59(3,4)5)34-44(48)45-35-40(60(6,7)8)27-32-49(45)66/h17-37H,15-16H2,1-14H3. The van der Waals surface area contributed by atoms with Crippen LogP contribution >= 0.6 is 0 Å². The van der Waals surface area contributed by atoms with Crippen LogP contribution in [0.25, 0.3) is 38.6 Å². The first kappa shape index (κ1) is 43.6. The van der Waals surface area contributed by atoms with E-state index in [4.69, 9.17) is 4.74 Å². The third-order valence-electron chi connectivity index (χ3n) is 16.7. The Kier molecular flexibility index (Phi) is 9.43. The van der Waals surface area contributed by atoms with Gasteiger partial charge in [-0.15, -0.1) is 0 Å². The van der Waals surface area contributed by atoms with Crippen LogP contribution < -0.4 is 26.0 Å². The summed E-state index contributed by atoms with van der Waals surface area (Å²) in [6.07, 6.45) is 2.13. The Balaban J connectivity index is 1.24. The largest absolute Gasteiger partial charge is 0.458 e. The lowest BCUT2D eigenvalue weighted by atomic mass is 9.32. The molecule has 0 fully saturated rings. The van der Waals surface area contributed by atoms with Gasteiger partial charge < -0.3 is 14.2 Å². The highest BCUT2D eigenvalue weighted by molar-refractivity contribution is 6.99. The average Bonchev–Trinajstić information content (AvgIpc) is 3.75. The van der Waals surface area contributed by atoms with Crippen LogP contribution in [0.3, 0.4) is 0 Å². The lowest BCUT2D eigenvalue weighted by Crippen LogP contribution is -2.61. The molecule has 0 amide bonds. The minimum Gasteiger partial charge on any atom is -0.458 e. The molecule has 1 aliphatic carbocycles. The van der Waals surface area contributed by atoms with Crippen molar-refractivity contribution in [3.05, 3.63) is 161 Å². The number of hydrogen-bond donors (Lipinski definition) is 0. The number of anilines is 3. The Hall–Kier alpha value is -6.00. The van der Waals surface area contributed by atoms with E-state index >= 15 is 0 Å². The summed E-state index contributed by atoms with van der Waals surface area (Å²) in [5.41, 5.74) is 21.6. The molecule has 7 aromatic carbocycles. The lowest BCUT2D eigenvalue weighted by molar-refractivity contribution is 0.485. The maximum absolute atomic E-state index is 7.49. The molecule has 0 bridgehead atoms. The Morgan fingerprint density at radius 1 is 0.522 bits per heavy atom. The van der Waals surface area contributed by atoms with E-state index < -0.39 is 0 Å². The molecule has 0 N–H and O–H groups in total. The fourth-order valence-corrected chi connectivity index (χ4v) is 11.7. The first-order valence-electron chi connectivity index (χ1n) is 24.9. The van der Waals surface area contributed by atoms with Crippen molar-refractivity contribution >= 4 is 62.0 Å². The van der Waals surface area contributed by atoms with Crippen molar-refractivity contribution in [1.29, 1.82) is 0 Å². The van der Waals surface area contributed by atoms with Gasteiger partial charge in [0, 0.05) is 44.9 Å². The maximum atomic E-state index is 7.49. The van der Waals surface area contributed by atoms with Crippen molar-refractivity contribution in [2.24, 2.45) is 0 Å². The Bertz CT molecular complexity index is 3280. The van der Waals surface area contributed by atoms with Crippen LogP contribution in [0.15, 0.2) is 127 Å². The Morgan fingerprint density at radius 2 is 1.10 bits per heavy atom. The smallest absolute Gasteiger partial charge is 0.256 e. The lowest BCUT2D eigenvalue weighted by Gasteiger charge is -2.42. The Morgan fingerprint density at radius 3 is 1.72 bits per heavy atom. The van der Waals surface area contributed by atoms with Crippen molar-refractivity contribution in [3.63, 3.8) is 0 Å². The monoisotopic (exact) mass is 879 g/mol. The van der Waals surface area contributed by atoms with Gasteiger partial charge in [0.05, 0.1) is 16.7 Å². The summed E-state index contributed by atoms with van der Waals surface area (Å²) in [4.78, 5) is 2.51. The van der Waals surface area contributed by atoms with Crippen LogP contribution in [0, 0.1) is 0 Å². The molecule has 0 saturated carbocycles. The molecule has 0 radical (unpaired) electrons. The van der Waals surface area contributed by atoms with Gasteiger partial charge in [0.15, 0.2) is 0 Å². The van der Waals surface area contributed by atoms with Crippen LogP contribution in [0.5, 0.6) is 11.5 Å². The fraction of sp³-hybridized carbons (Fsp3) is 0.333. The normalized spacial score (nSPS) is 15.0. The first-order chi connectivity index (χ1) is 31.7. The second-order valence-electron chi connectivity index (χ2n) is 23.9. The molecule has 2 aliphatic heterocycles. The van der Waals surface area contributed by atoms with Crippen molar-refractivity contribution in [2.45, 2.75) is 137 Å². The van der Waals surface area contributed by atoms with Crippen LogP contribution in [-0.2, 0) is 27.1 Å². The number of benzene rings is 7. The molecule has 11 rings (SSSR count). The zero-order valence-electron chi connectivity index (χ0n) is 42.4. The Labute approximate surface area is 400 Å². The van der Waals surface area contributed by atoms with Crippen molar-refractivity contribution < 1.29 is 4.74 Å². The molecule has 3 nitrogen and oxygen atoms in total. The van der Waals surface area contributed by atoms with Gasteiger partial charge in [-0.1, -0.05) is 164 Å². The summed E-state index contributed by atoms with van der Waals surface area (Å²) >= 11 is 0. The maximum Gasteiger partial charge on any atom is 0.256 e. The minimum absolute atomic E-state index is 0.00140. The molecule has 3 heterocycles. The highest BCUT2D eigenvalue weighted by Gasteiger charge is 2.49.